The van der Waals surface area contributed by atoms with Crippen molar-refractivity contribution in [3.63, 3.8) is 0 Å². The summed E-state index contributed by atoms with van der Waals surface area (Å²) in [7, 11) is 0. The van der Waals surface area contributed by atoms with Gasteiger partial charge in [0.1, 0.15) is 0 Å². The van der Waals surface area contributed by atoms with Crippen molar-refractivity contribution in [3.05, 3.63) is 35.9 Å². The molecule has 72 valence electrons. The lowest BCUT2D eigenvalue weighted by atomic mass is 10.2. The average molecular weight is 178 g/mol. The lowest BCUT2D eigenvalue weighted by Crippen LogP contribution is -2.39. The average Bonchev–Trinajstić information content (AvgIpc) is 2.22. The van der Waals surface area contributed by atoms with Crippen LogP contribution >= 0.6 is 0 Å². The Morgan fingerprint density at radius 1 is 0.846 bits per heavy atom. The maximum absolute atomic E-state index is 3.22. The van der Waals surface area contributed by atoms with Crippen LogP contribution < -0.4 is 10.6 Å². The molecule has 0 spiro atoms. The number of piperazine rings is 1. The number of benzene rings is 1. The van der Waals surface area contributed by atoms with Crippen molar-refractivity contribution < 1.29 is 0 Å². The van der Waals surface area contributed by atoms with Gasteiger partial charge in [-0.2, -0.15) is 0 Å². The molecule has 0 unspecified atom stereocenters. The standard InChI is InChI=1S/C7H8.C4H10N2/c1-7-5-3-2-4-6-7;1-2-6-4-3-5-1/h2-6H,1H3;5-6H,1-4H2. The number of nitrogens with one attached hydrogen (secondary N) is 2. The molecule has 1 aliphatic heterocycles. The third-order valence-corrected chi connectivity index (χ3v) is 1.90. The molecule has 0 atom stereocenters. The van der Waals surface area contributed by atoms with Gasteiger partial charge in [0.2, 0.25) is 0 Å². The van der Waals surface area contributed by atoms with E-state index in [1.165, 1.54) is 5.56 Å². The second-order valence-corrected chi connectivity index (χ2v) is 3.15. The second-order valence-electron chi connectivity index (χ2n) is 3.15. The van der Waals surface area contributed by atoms with Crippen LogP contribution in [0.15, 0.2) is 30.3 Å². The van der Waals surface area contributed by atoms with Gasteiger partial charge in [0.15, 0.2) is 0 Å². The largest absolute Gasteiger partial charge is 0.314 e. The first-order valence-electron chi connectivity index (χ1n) is 4.82. The van der Waals surface area contributed by atoms with Crippen molar-refractivity contribution in [1.29, 1.82) is 0 Å². The molecule has 0 bridgehead atoms. The summed E-state index contributed by atoms with van der Waals surface area (Å²) < 4.78 is 0. The molecule has 2 nitrogen and oxygen atoms in total. The Kier molecular flexibility index (Phi) is 5.22. The van der Waals surface area contributed by atoms with Crippen LogP contribution in [0.1, 0.15) is 5.56 Å². The lowest BCUT2D eigenvalue weighted by Gasteiger charge is -2.11. The highest BCUT2D eigenvalue weighted by atomic mass is 15.0. The molecule has 13 heavy (non-hydrogen) atoms. The van der Waals surface area contributed by atoms with Crippen LogP contribution in [0.3, 0.4) is 0 Å². The summed E-state index contributed by atoms with van der Waals surface area (Å²) in [6.07, 6.45) is 0. The Labute approximate surface area is 80.4 Å². The fraction of sp³-hybridized carbons (Fsp3) is 0.455. The molecule has 2 heteroatoms. The topological polar surface area (TPSA) is 24.1 Å². The zero-order valence-electron chi connectivity index (χ0n) is 8.22. The molecule has 2 N–H and O–H groups in total. The summed E-state index contributed by atoms with van der Waals surface area (Å²) in [5, 5.41) is 6.44. The fourth-order valence-electron chi connectivity index (χ4n) is 1.14. The van der Waals surface area contributed by atoms with E-state index in [0.717, 1.165) is 26.2 Å². The van der Waals surface area contributed by atoms with Gasteiger partial charge in [-0.25, -0.2) is 0 Å². The summed E-state index contributed by atoms with van der Waals surface area (Å²) in [4.78, 5) is 0. The van der Waals surface area contributed by atoms with Gasteiger partial charge in [-0.1, -0.05) is 35.9 Å². The predicted molar refractivity (Wildman–Crippen MR) is 56.9 cm³/mol. The highest BCUT2D eigenvalue weighted by Crippen LogP contribution is 1.92. The van der Waals surface area contributed by atoms with E-state index in [9.17, 15) is 0 Å². The summed E-state index contributed by atoms with van der Waals surface area (Å²) in [5.41, 5.74) is 1.32. The Balaban J connectivity index is 0.000000132. The number of hydrogen-bond acceptors (Lipinski definition) is 2. The number of aryl methyl sites for hydroxylation is 1. The van der Waals surface area contributed by atoms with E-state index in [1.54, 1.807) is 0 Å². The van der Waals surface area contributed by atoms with Gasteiger partial charge < -0.3 is 10.6 Å². The van der Waals surface area contributed by atoms with Crippen LogP contribution in [0.4, 0.5) is 0 Å². The second kappa shape index (κ2) is 6.63. The molecule has 0 radical (unpaired) electrons. The molecule has 1 saturated heterocycles. The van der Waals surface area contributed by atoms with E-state index in [1.807, 2.05) is 18.2 Å². The Morgan fingerprint density at radius 2 is 1.31 bits per heavy atom. The van der Waals surface area contributed by atoms with Gasteiger partial charge in [-0.3, -0.25) is 0 Å². The summed E-state index contributed by atoms with van der Waals surface area (Å²) in [6, 6.07) is 10.3. The molecule has 2 rings (SSSR count). The third-order valence-electron chi connectivity index (χ3n) is 1.90. The van der Waals surface area contributed by atoms with Gasteiger partial charge in [0.25, 0.3) is 0 Å². The molecule has 1 fully saturated rings. The van der Waals surface area contributed by atoms with Gasteiger partial charge in [-0.05, 0) is 6.92 Å². The van der Waals surface area contributed by atoms with E-state index >= 15 is 0 Å². The summed E-state index contributed by atoms with van der Waals surface area (Å²) in [6.45, 7) is 6.64. The first-order valence-corrected chi connectivity index (χ1v) is 4.82. The Morgan fingerprint density at radius 3 is 1.54 bits per heavy atom. The smallest absolute Gasteiger partial charge is 0.00772 e. The van der Waals surface area contributed by atoms with Crippen LogP contribution in [0, 0.1) is 6.92 Å². The third kappa shape index (κ3) is 5.39. The van der Waals surface area contributed by atoms with E-state index in [0.29, 0.717) is 0 Å². The number of rotatable bonds is 0. The van der Waals surface area contributed by atoms with Crippen LogP contribution in [0.25, 0.3) is 0 Å². The van der Waals surface area contributed by atoms with E-state index < -0.39 is 0 Å². The number of hydrogen-bond donors (Lipinski definition) is 2. The van der Waals surface area contributed by atoms with Gasteiger partial charge in [0.05, 0.1) is 0 Å². The predicted octanol–water partition coefficient (Wildman–Crippen LogP) is 1.17. The first kappa shape index (κ1) is 10.2. The highest BCUT2D eigenvalue weighted by Gasteiger charge is 1.91. The monoisotopic (exact) mass is 178 g/mol. The van der Waals surface area contributed by atoms with Crippen LogP contribution in [-0.4, -0.2) is 26.2 Å². The molecule has 1 aromatic carbocycles. The maximum atomic E-state index is 3.22. The first-order chi connectivity index (χ1) is 6.39. The van der Waals surface area contributed by atoms with Crippen molar-refractivity contribution in [2.75, 3.05) is 26.2 Å². The van der Waals surface area contributed by atoms with Gasteiger partial charge >= 0.3 is 0 Å². The minimum absolute atomic E-state index is 1.14. The zero-order chi connectivity index (χ0) is 9.36. The minimum Gasteiger partial charge on any atom is -0.314 e. The van der Waals surface area contributed by atoms with Gasteiger partial charge in [-0.15, -0.1) is 0 Å². The van der Waals surface area contributed by atoms with Gasteiger partial charge in [0, 0.05) is 26.2 Å². The molecule has 1 aromatic rings. The lowest BCUT2D eigenvalue weighted by molar-refractivity contribution is 0.534. The zero-order valence-corrected chi connectivity index (χ0v) is 8.22. The van der Waals surface area contributed by atoms with E-state index in [4.69, 9.17) is 0 Å². The molecular formula is C11H18N2. The summed E-state index contributed by atoms with van der Waals surface area (Å²) in [5.74, 6) is 0. The normalized spacial score (nSPS) is 15.8. The molecule has 0 aromatic heterocycles. The Bertz CT molecular complexity index is 193. The van der Waals surface area contributed by atoms with Crippen LogP contribution in [0.5, 0.6) is 0 Å². The highest BCUT2D eigenvalue weighted by molar-refractivity contribution is 5.11. The van der Waals surface area contributed by atoms with Crippen LogP contribution in [0.2, 0.25) is 0 Å². The molecule has 0 saturated carbocycles. The molecular weight excluding hydrogens is 160 g/mol. The van der Waals surface area contributed by atoms with Crippen molar-refractivity contribution in [3.8, 4) is 0 Å². The molecule has 0 amide bonds. The summed E-state index contributed by atoms with van der Waals surface area (Å²) >= 11 is 0. The molecule has 1 heterocycles. The molecule has 1 aliphatic rings. The van der Waals surface area contributed by atoms with Crippen LogP contribution in [-0.2, 0) is 0 Å². The van der Waals surface area contributed by atoms with E-state index in [-0.39, 0.29) is 0 Å². The Hall–Kier alpha value is -0.860. The molecule has 0 aliphatic carbocycles. The maximum Gasteiger partial charge on any atom is 0.00772 e. The van der Waals surface area contributed by atoms with Crippen molar-refractivity contribution >= 4 is 0 Å². The SMILES string of the molecule is C1CNCCN1.Cc1ccccc1. The van der Waals surface area contributed by atoms with Crippen molar-refractivity contribution in [1.82, 2.24) is 10.6 Å². The van der Waals surface area contributed by atoms with Crippen molar-refractivity contribution in [2.24, 2.45) is 0 Å². The quantitative estimate of drug-likeness (QED) is 0.623. The van der Waals surface area contributed by atoms with Crippen molar-refractivity contribution in [2.45, 2.75) is 6.92 Å². The fourth-order valence-corrected chi connectivity index (χ4v) is 1.14. The minimum atomic E-state index is 1.14. The van der Waals surface area contributed by atoms with E-state index in [2.05, 4.69) is 29.7 Å².